The van der Waals surface area contributed by atoms with Crippen molar-refractivity contribution >= 4 is 46.3 Å². The number of fused-ring (bicyclic) bond motifs is 6. The number of ether oxygens (including phenoxy) is 2. The van der Waals surface area contributed by atoms with Crippen LogP contribution in [0.4, 0.5) is 34.1 Å². The van der Waals surface area contributed by atoms with Gasteiger partial charge < -0.3 is 19.3 Å². The van der Waals surface area contributed by atoms with E-state index in [9.17, 15) is 0 Å². The summed E-state index contributed by atoms with van der Waals surface area (Å²) in [6, 6.07) is 145. The van der Waals surface area contributed by atoms with Gasteiger partial charge in [0.05, 0.1) is 10.8 Å². The average molecular weight is 1360 g/mol. The van der Waals surface area contributed by atoms with Crippen LogP contribution in [0.1, 0.15) is 55.6 Å². The molecule has 0 amide bonds. The topological polar surface area (TPSA) is 24.9 Å². The number of nitrogens with zero attached hydrogens (tertiary/aromatic N) is 2. The Kier molecular flexibility index (Phi) is 16.7. The van der Waals surface area contributed by atoms with Gasteiger partial charge in [0.25, 0.3) is 0 Å². The molecule has 0 spiro atoms. The number of hydrogen-bond donors (Lipinski definition) is 0. The summed E-state index contributed by atoms with van der Waals surface area (Å²) in [5.41, 5.74) is 28.1. The summed E-state index contributed by atoms with van der Waals surface area (Å²) in [5, 5.41) is 0. The van der Waals surface area contributed by atoms with Gasteiger partial charge in [0.15, 0.2) is 0 Å². The Morgan fingerprint density at radius 3 is 0.783 bits per heavy atom. The lowest BCUT2D eigenvalue weighted by atomic mass is 9.67. The van der Waals surface area contributed by atoms with E-state index in [0.29, 0.717) is 0 Å². The van der Waals surface area contributed by atoms with Crippen LogP contribution in [0.3, 0.4) is 0 Å². The Labute approximate surface area is 620 Å². The highest BCUT2D eigenvalue weighted by atomic mass is 16.5. The van der Waals surface area contributed by atoms with Crippen molar-refractivity contribution in [1.29, 1.82) is 0 Å². The number of hydrogen-bond acceptors (Lipinski definition) is 4. The smallest absolute Gasteiger partial charge is 0.127 e. The van der Waals surface area contributed by atoms with Crippen LogP contribution < -0.4 is 19.3 Å². The first-order valence-corrected chi connectivity index (χ1v) is 36.1. The Hall–Kier alpha value is -13.8. The van der Waals surface area contributed by atoms with Crippen molar-refractivity contribution in [2.75, 3.05) is 9.80 Å². The zero-order valence-electron chi connectivity index (χ0n) is 58.4. The Bertz CT molecular complexity index is 5490. The zero-order valence-corrected chi connectivity index (χ0v) is 58.4. The molecule has 0 heterocycles. The molecule has 4 heteroatoms. The molecule has 2 aliphatic carbocycles. The van der Waals surface area contributed by atoms with Crippen LogP contribution in [0.25, 0.3) is 67.8 Å². The van der Waals surface area contributed by atoms with E-state index in [1.807, 2.05) is 60.7 Å². The number of rotatable bonds is 19. The molecule has 16 aromatic rings. The summed E-state index contributed by atoms with van der Waals surface area (Å²) in [4.78, 5) is 4.79. The second-order valence-electron chi connectivity index (χ2n) is 27.2. The molecule has 502 valence electrons. The quantitative estimate of drug-likeness (QED) is 0.0806. The fraction of sp³-hybridized carbons (Fsp3) is 0.0196. The minimum atomic E-state index is -0.721. The molecule has 2 aliphatic rings. The molecule has 106 heavy (non-hydrogen) atoms. The average Bonchev–Trinajstić information content (AvgIpc) is 1.52. The summed E-state index contributed by atoms with van der Waals surface area (Å²) in [6.07, 6.45) is 3.69. The van der Waals surface area contributed by atoms with E-state index in [1.54, 1.807) is 0 Å². The standard InChI is InChI=1S/C102H72N2O2/c1-3-71-35-55-89(56-36-71)105-91-59-45-81(46-60-91)101(79-27-15-7-16-28-79)97-67-77(73-23-11-5-12-24-73)43-63-93(97)95-65-53-87(69-99(95)101)103(83-31-19-9-20-32-83)85-49-39-75(40-50-85)76-41-51-86(52-42-76)104(84-33-21-10-22-34-84)88-54-66-96-94-64-44-78(74-25-13-6-14-26-74)68-98(94)102(100(96)70-88,80-29-17-8-18-30-80)82-47-61-92(62-48-82)106-90-57-37-72(4-2)38-58-90/h3-70H,1-2H2. The van der Waals surface area contributed by atoms with Crippen molar-refractivity contribution in [2.45, 2.75) is 10.8 Å². The maximum Gasteiger partial charge on any atom is 0.127 e. The maximum absolute atomic E-state index is 6.52. The van der Waals surface area contributed by atoms with Crippen molar-refractivity contribution in [3.8, 4) is 78.6 Å². The first-order valence-electron chi connectivity index (χ1n) is 36.1. The summed E-state index contributed by atoms with van der Waals surface area (Å²) < 4.78 is 13.0. The third-order valence-electron chi connectivity index (χ3n) is 21.3. The van der Waals surface area contributed by atoms with E-state index in [2.05, 4.69) is 375 Å². The van der Waals surface area contributed by atoms with E-state index < -0.39 is 10.8 Å². The number of anilines is 6. The molecule has 0 fully saturated rings. The maximum atomic E-state index is 6.52. The van der Waals surface area contributed by atoms with Gasteiger partial charge >= 0.3 is 0 Å². The molecule has 0 saturated heterocycles. The van der Waals surface area contributed by atoms with Crippen LogP contribution in [0.5, 0.6) is 23.0 Å². The normalized spacial score (nSPS) is 14.4. The summed E-state index contributed by atoms with van der Waals surface area (Å²) in [5.74, 6) is 3.06. The second-order valence-corrected chi connectivity index (χ2v) is 27.2. The zero-order chi connectivity index (χ0) is 71.0. The fourth-order valence-corrected chi connectivity index (χ4v) is 16.3. The Morgan fingerprint density at radius 1 is 0.208 bits per heavy atom. The second kappa shape index (κ2) is 27.5. The summed E-state index contributed by atoms with van der Waals surface area (Å²) >= 11 is 0. The minimum absolute atomic E-state index is 0.721. The first kappa shape index (κ1) is 64.3. The highest BCUT2D eigenvalue weighted by Crippen LogP contribution is 2.61. The number of benzene rings is 16. The minimum Gasteiger partial charge on any atom is -0.457 e. The molecule has 16 aromatic carbocycles. The molecule has 0 aliphatic heterocycles. The van der Waals surface area contributed by atoms with Crippen molar-refractivity contribution in [3.05, 3.63) is 469 Å². The van der Waals surface area contributed by atoms with Gasteiger partial charge in [-0.3, -0.25) is 0 Å². The van der Waals surface area contributed by atoms with Gasteiger partial charge in [0, 0.05) is 34.1 Å². The van der Waals surface area contributed by atoms with Crippen molar-refractivity contribution in [1.82, 2.24) is 0 Å². The van der Waals surface area contributed by atoms with E-state index in [0.717, 1.165) is 102 Å². The molecular weight excluding hydrogens is 1290 g/mol. The SMILES string of the molecule is C=Cc1ccc(Oc2ccc(C3(c4ccccc4)c4cc(-c5ccccc5)ccc4-c4ccc(N(c5ccccc5)c5ccc(-c6ccc(N(c7ccccc7)c7ccc8c(c7)C(c7ccccc7)(c7ccc(Oc9ccc(C=C)cc9)cc7)c7cc(-c9ccccc9)ccc7-8)cc6)cc5)cc43)cc2)cc1. The van der Waals surface area contributed by atoms with Crippen LogP contribution in [-0.2, 0) is 10.8 Å². The molecule has 0 radical (unpaired) electrons. The van der Waals surface area contributed by atoms with Gasteiger partial charge in [0.1, 0.15) is 23.0 Å². The highest BCUT2D eigenvalue weighted by Gasteiger charge is 2.49. The van der Waals surface area contributed by atoms with Gasteiger partial charge in [-0.2, -0.15) is 0 Å². The van der Waals surface area contributed by atoms with Crippen LogP contribution in [-0.4, -0.2) is 0 Å². The fourth-order valence-electron chi connectivity index (χ4n) is 16.3. The molecule has 2 atom stereocenters. The van der Waals surface area contributed by atoms with E-state index >= 15 is 0 Å². The lowest BCUT2D eigenvalue weighted by Gasteiger charge is -2.35. The lowest BCUT2D eigenvalue weighted by molar-refractivity contribution is 0.482. The van der Waals surface area contributed by atoms with Crippen LogP contribution in [0, 0.1) is 0 Å². The van der Waals surface area contributed by atoms with Gasteiger partial charge in [-0.1, -0.05) is 292 Å². The van der Waals surface area contributed by atoms with Crippen LogP contribution >= 0.6 is 0 Å². The van der Waals surface area contributed by atoms with Gasteiger partial charge in [-0.15, -0.1) is 0 Å². The van der Waals surface area contributed by atoms with E-state index in [-0.39, 0.29) is 0 Å². The predicted molar refractivity (Wildman–Crippen MR) is 440 cm³/mol. The van der Waals surface area contributed by atoms with Gasteiger partial charge in [-0.05, 0) is 245 Å². The number of para-hydroxylation sites is 2. The molecule has 4 nitrogen and oxygen atoms in total. The van der Waals surface area contributed by atoms with Crippen molar-refractivity contribution in [3.63, 3.8) is 0 Å². The molecule has 18 rings (SSSR count). The Morgan fingerprint density at radius 2 is 0.453 bits per heavy atom. The summed E-state index contributed by atoms with van der Waals surface area (Å²) in [7, 11) is 0. The van der Waals surface area contributed by atoms with Crippen molar-refractivity contribution < 1.29 is 9.47 Å². The molecule has 0 bridgehead atoms. The largest absolute Gasteiger partial charge is 0.457 e. The Balaban J connectivity index is 0.717. The van der Waals surface area contributed by atoms with Crippen LogP contribution in [0.15, 0.2) is 414 Å². The monoisotopic (exact) mass is 1360 g/mol. The highest BCUT2D eigenvalue weighted by molar-refractivity contribution is 5.94. The third-order valence-corrected chi connectivity index (χ3v) is 21.3. The van der Waals surface area contributed by atoms with Crippen LogP contribution in [0.2, 0.25) is 0 Å². The molecule has 0 aromatic heterocycles. The van der Waals surface area contributed by atoms with Crippen molar-refractivity contribution in [2.24, 2.45) is 0 Å². The van der Waals surface area contributed by atoms with E-state index in [1.165, 1.54) is 66.8 Å². The molecule has 2 unspecified atom stereocenters. The van der Waals surface area contributed by atoms with E-state index in [4.69, 9.17) is 9.47 Å². The predicted octanol–water partition coefficient (Wildman–Crippen LogP) is 27.2. The molecule has 0 saturated carbocycles. The van der Waals surface area contributed by atoms with Gasteiger partial charge in [-0.25, -0.2) is 0 Å². The molecular formula is C102H72N2O2. The molecule has 0 N–H and O–H groups in total. The lowest BCUT2D eigenvalue weighted by Crippen LogP contribution is -2.29. The third kappa shape index (κ3) is 11.5. The van der Waals surface area contributed by atoms with Gasteiger partial charge in [0.2, 0.25) is 0 Å². The summed E-state index contributed by atoms with van der Waals surface area (Å²) in [6.45, 7) is 7.89. The first-order chi connectivity index (χ1) is 52.4.